The lowest BCUT2D eigenvalue weighted by Gasteiger charge is -2.10. The van der Waals surface area contributed by atoms with E-state index in [1.165, 1.54) is 12.2 Å². The molecule has 0 heterocycles. The minimum absolute atomic E-state index is 0.484. The Labute approximate surface area is 117 Å². The fourth-order valence-corrected chi connectivity index (χ4v) is 1.45. The summed E-state index contributed by atoms with van der Waals surface area (Å²) >= 11 is 0. The molecular weight excluding hydrogens is 236 g/mol. The maximum Gasteiger partial charge on any atom is 0.102 e. The zero-order chi connectivity index (χ0) is 14.7. The van der Waals surface area contributed by atoms with Crippen molar-refractivity contribution in [3.8, 4) is 0 Å². The van der Waals surface area contributed by atoms with Crippen molar-refractivity contribution in [2.45, 2.75) is 33.0 Å². The lowest BCUT2D eigenvalue weighted by molar-refractivity contribution is 0.0811. The largest absolute Gasteiger partial charge is 0.386 e. The van der Waals surface area contributed by atoms with Gasteiger partial charge in [0, 0.05) is 0 Å². The van der Waals surface area contributed by atoms with Crippen LogP contribution in [0.1, 0.15) is 20.8 Å². The van der Waals surface area contributed by atoms with Crippen LogP contribution in [-0.2, 0) is 0 Å². The molecule has 2 heteroatoms. The quantitative estimate of drug-likeness (QED) is 0.520. The number of hydrogen-bond acceptors (Lipinski definition) is 2. The summed E-state index contributed by atoms with van der Waals surface area (Å²) in [5, 5.41) is 18.7. The van der Waals surface area contributed by atoms with Crippen LogP contribution in [0.25, 0.3) is 0 Å². The van der Waals surface area contributed by atoms with E-state index in [0.29, 0.717) is 11.8 Å². The number of hydrogen-bond donors (Lipinski definition) is 2. The van der Waals surface area contributed by atoms with Crippen LogP contribution >= 0.6 is 0 Å². The van der Waals surface area contributed by atoms with Crippen LogP contribution in [-0.4, -0.2) is 22.4 Å². The van der Waals surface area contributed by atoms with Crippen LogP contribution in [0.3, 0.4) is 0 Å². The van der Waals surface area contributed by atoms with E-state index < -0.39 is 12.2 Å². The maximum atomic E-state index is 9.43. The van der Waals surface area contributed by atoms with Gasteiger partial charge in [0.15, 0.2) is 0 Å². The fourth-order valence-electron chi connectivity index (χ4n) is 1.45. The summed E-state index contributed by atoms with van der Waals surface area (Å²) in [5.74, 6) is 1.01. The van der Waals surface area contributed by atoms with Crippen molar-refractivity contribution >= 4 is 0 Å². The highest BCUT2D eigenvalue weighted by atomic mass is 16.3. The number of aliphatic hydroxyl groups excluding tert-OH is 2. The Morgan fingerprint density at radius 2 is 1.32 bits per heavy atom. The van der Waals surface area contributed by atoms with Crippen molar-refractivity contribution in [3.63, 3.8) is 0 Å². The predicted octanol–water partition coefficient (Wildman–Crippen LogP) is 3.41. The first-order valence-electron chi connectivity index (χ1n) is 6.66. The Hall–Kier alpha value is -1.38. The van der Waals surface area contributed by atoms with E-state index in [2.05, 4.69) is 38.7 Å². The molecule has 4 atom stereocenters. The van der Waals surface area contributed by atoms with Gasteiger partial charge in [0.2, 0.25) is 0 Å². The molecule has 0 rings (SSSR count). The molecule has 106 valence electrons. The highest BCUT2D eigenvalue weighted by Gasteiger charge is 2.06. The summed E-state index contributed by atoms with van der Waals surface area (Å²) in [6.07, 6.45) is 14.8. The molecule has 0 aromatic carbocycles. The molecule has 0 aromatic rings. The van der Waals surface area contributed by atoms with Crippen LogP contribution in [0.5, 0.6) is 0 Å². The van der Waals surface area contributed by atoms with E-state index >= 15 is 0 Å². The van der Waals surface area contributed by atoms with Gasteiger partial charge in [-0.2, -0.15) is 0 Å². The van der Waals surface area contributed by atoms with Gasteiger partial charge in [0.25, 0.3) is 0 Å². The van der Waals surface area contributed by atoms with Crippen molar-refractivity contribution in [2.24, 2.45) is 11.8 Å². The topological polar surface area (TPSA) is 40.5 Å². The van der Waals surface area contributed by atoms with Gasteiger partial charge in [-0.15, -0.1) is 6.58 Å². The Kier molecular flexibility index (Phi) is 9.77. The molecule has 0 aliphatic rings. The zero-order valence-electron chi connectivity index (χ0n) is 12.1. The third-order valence-electron chi connectivity index (χ3n) is 2.97. The van der Waals surface area contributed by atoms with Gasteiger partial charge in [0.05, 0.1) is 0 Å². The van der Waals surface area contributed by atoms with Gasteiger partial charge in [0.1, 0.15) is 12.2 Å². The number of allylic oxidation sites excluding steroid dienone is 7. The van der Waals surface area contributed by atoms with Gasteiger partial charge in [-0.3, -0.25) is 0 Å². The highest BCUT2D eigenvalue weighted by Crippen LogP contribution is 2.13. The molecular formula is C17H26O2. The molecule has 0 amide bonds. The van der Waals surface area contributed by atoms with Crippen LogP contribution in [0.2, 0.25) is 0 Å². The monoisotopic (exact) mass is 262 g/mol. The van der Waals surface area contributed by atoms with E-state index in [1.807, 2.05) is 25.2 Å². The van der Waals surface area contributed by atoms with Crippen molar-refractivity contribution in [2.75, 3.05) is 0 Å². The summed E-state index contributed by atoms with van der Waals surface area (Å²) in [6.45, 7) is 9.80. The zero-order valence-corrected chi connectivity index (χ0v) is 12.1. The summed E-state index contributed by atoms with van der Waals surface area (Å²) in [6, 6.07) is 0. The Bertz CT molecular complexity index is 350. The first kappa shape index (κ1) is 17.6. The smallest absolute Gasteiger partial charge is 0.102 e. The molecule has 4 unspecified atom stereocenters. The van der Waals surface area contributed by atoms with Gasteiger partial charge >= 0.3 is 0 Å². The SMILES string of the molecule is C=CC(O)C(O)C=CC=CC=CC(C)C(C)C=CC. The van der Waals surface area contributed by atoms with Crippen molar-refractivity contribution in [1.82, 2.24) is 0 Å². The lowest BCUT2D eigenvalue weighted by atomic mass is 9.95. The van der Waals surface area contributed by atoms with E-state index in [0.717, 1.165) is 0 Å². The number of rotatable bonds is 8. The molecule has 0 aliphatic carbocycles. The summed E-state index contributed by atoms with van der Waals surface area (Å²) < 4.78 is 0. The molecule has 2 nitrogen and oxygen atoms in total. The van der Waals surface area contributed by atoms with E-state index in [-0.39, 0.29) is 0 Å². The molecule has 0 fully saturated rings. The number of aliphatic hydroxyl groups is 2. The van der Waals surface area contributed by atoms with Gasteiger partial charge in [-0.1, -0.05) is 68.5 Å². The Morgan fingerprint density at radius 1 is 0.789 bits per heavy atom. The first-order valence-corrected chi connectivity index (χ1v) is 6.66. The van der Waals surface area contributed by atoms with E-state index in [4.69, 9.17) is 0 Å². The Balaban J connectivity index is 4.15. The predicted molar refractivity (Wildman–Crippen MR) is 82.8 cm³/mol. The molecule has 2 N–H and O–H groups in total. The van der Waals surface area contributed by atoms with Crippen LogP contribution < -0.4 is 0 Å². The van der Waals surface area contributed by atoms with Crippen molar-refractivity contribution in [3.05, 3.63) is 61.3 Å². The van der Waals surface area contributed by atoms with Gasteiger partial charge in [-0.25, -0.2) is 0 Å². The lowest BCUT2D eigenvalue weighted by Crippen LogP contribution is -2.20. The normalized spacial score (nSPS) is 19.4. The second-order valence-electron chi connectivity index (χ2n) is 4.62. The van der Waals surface area contributed by atoms with Crippen molar-refractivity contribution in [1.29, 1.82) is 0 Å². The van der Waals surface area contributed by atoms with E-state index in [9.17, 15) is 10.2 Å². The van der Waals surface area contributed by atoms with Gasteiger partial charge in [-0.05, 0) is 18.8 Å². The van der Waals surface area contributed by atoms with Crippen LogP contribution in [0.4, 0.5) is 0 Å². The molecule has 0 radical (unpaired) electrons. The second-order valence-corrected chi connectivity index (χ2v) is 4.62. The Morgan fingerprint density at radius 3 is 1.84 bits per heavy atom. The van der Waals surface area contributed by atoms with Crippen LogP contribution in [0, 0.1) is 11.8 Å². The second kappa shape index (κ2) is 10.5. The summed E-state index contributed by atoms with van der Waals surface area (Å²) in [7, 11) is 0. The molecule has 0 saturated carbocycles. The minimum atomic E-state index is -0.915. The molecule has 0 saturated heterocycles. The fraction of sp³-hybridized carbons (Fsp3) is 0.412. The maximum absolute atomic E-state index is 9.43. The third kappa shape index (κ3) is 8.36. The standard InChI is InChI=1S/C17H26O2/c1-5-11-14(3)15(4)12-9-7-8-10-13-17(19)16(18)6-2/h5-19H,2H2,1,3-4H3. The third-order valence-corrected chi connectivity index (χ3v) is 2.97. The average molecular weight is 262 g/mol. The first-order chi connectivity index (χ1) is 9.02. The van der Waals surface area contributed by atoms with Crippen LogP contribution in [0.15, 0.2) is 61.3 Å². The molecule has 0 aromatic heterocycles. The van der Waals surface area contributed by atoms with Crippen molar-refractivity contribution < 1.29 is 10.2 Å². The van der Waals surface area contributed by atoms with Gasteiger partial charge < -0.3 is 10.2 Å². The molecule has 0 spiro atoms. The average Bonchev–Trinajstić information content (AvgIpc) is 2.41. The summed E-state index contributed by atoms with van der Waals surface area (Å²) in [5.41, 5.74) is 0. The van der Waals surface area contributed by atoms with E-state index in [1.54, 1.807) is 6.08 Å². The molecule has 19 heavy (non-hydrogen) atoms. The molecule has 0 aliphatic heterocycles. The summed E-state index contributed by atoms with van der Waals surface area (Å²) in [4.78, 5) is 0. The highest BCUT2D eigenvalue weighted by molar-refractivity contribution is 5.14. The molecule has 0 bridgehead atoms. The minimum Gasteiger partial charge on any atom is -0.386 e.